The van der Waals surface area contributed by atoms with Crippen molar-refractivity contribution < 1.29 is 18.0 Å². The fourth-order valence-electron chi connectivity index (χ4n) is 3.61. The van der Waals surface area contributed by atoms with Gasteiger partial charge in [0.05, 0.1) is 15.6 Å². The number of hydrogen-bond donors (Lipinski definition) is 1. The minimum Gasteiger partial charge on any atom is -0.357 e. The minimum atomic E-state index is -4.18. The highest BCUT2D eigenvalue weighted by Crippen LogP contribution is 2.31. The van der Waals surface area contributed by atoms with Gasteiger partial charge in [-0.05, 0) is 49.7 Å². The van der Waals surface area contributed by atoms with Gasteiger partial charge in [0.1, 0.15) is 12.6 Å². The third-order valence-electron chi connectivity index (χ3n) is 5.72. The number of benzene rings is 3. The molecule has 0 radical (unpaired) electrons. The Balaban J connectivity index is 2.06. The summed E-state index contributed by atoms with van der Waals surface area (Å²) in [5.41, 5.74) is 1.66. The average Bonchev–Trinajstić information content (AvgIpc) is 2.86. The van der Waals surface area contributed by atoms with Crippen molar-refractivity contribution in [2.45, 2.75) is 31.3 Å². The third-order valence-corrected chi connectivity index (χ3v) is 8.18. The molecule has 0 aromatic heterocycles. The van der Waals surface area contributed by atoms with Crippen LogP contribution < -0.4 is 9.62 Å². The maximum Gasteiger partial charge on any atom is 0.264 e. The van der Waals surface area contributed by atoms with Crippen LogP contribution in [0, 0.1) is 6.92 Å². The van der Waals surface area contributed by atoms with Crippen molar-refractivity contribution in [3.63, 3.8) is 0 Å². The molecule has 36 heavy (non-hydrogen) atoms. The van der Waals surface area contributed by atoms with Gasteiger partial charge in [0.25, 0.3) is 10.0 Å². The SMILES string of the molecule is CNC(=O)[C@@H](C)N(Cc1ccccc1Cl)C(=O)CN(c1ccccc1Cl)S(=O)(=O)c1ccc(C)cc1. The lowest BCUT2D eigenvalue weighted by atomic mass is 10.1. The molecule has 0 aliphatic carbocycles. The Morgan fingerprint density at radius 1 is 0.917 bits per heavy atom. The number of rotatable bonds is 9. The second kappa shape index (κ2) is 11.8. The lowest BCUT2D eigenvalue weighted by molar-refractivity contribution is -0.139. The van der Waals surface area contributed by atoms with Gasteiger partial charge in [0, 0.05) is 18.6 Å². The first kappa shape index (κ1) is 27.5. The molecule has 10 heteroatoms. The molecule has 1 atom stereocenters. The third kappa shape index (κ3) is 6.19. The first-order valence-corrected chi connectivity index (χ1v) is 13.3. The summed E-state index contributed by atoms with van der Waals surface area (Å²) >= 11 is 12.7. The van der Waals surface area contributed by atoms with Crippen LogP contribution in [-0.4, -0.2) is 44.8 Å². The van der Waals surface area contributed by atoms with Crippen LogP contribution in [0.3, 0.4) is 0 Å². The Bertz CT molecular complexity index is 1350. The standard InChI is InChI=1S/C26H27Cl2N3O4S/c1-18-12-14-21(15-13-18)36(34,35)31(24-11-7-6-10-23(24)28)17-25(32)30(19(2)26(33)29-3)16-20-8-4-5-9-22(20)27/h4-15,19H,16-17H2,1-3H3,(H,29,33)/t19-/m1/s1. The van der Waals surface area contributed by atoms with E-state index < -0.39 is 34.4 Å². The quantitative estimate of drug-likeness (QED) is 0.422. The lowest BCUT2D eigenvalue weighted by Gasteiger charge is -2.32. The number of carbonyl (C=O) groups excluding carboxylic acids is 2. The smallest absolute Gasteiger partial charge is 0.264 e. The fourth-order valence-corrected chi connectivity index (χ4v) is 5.52. The number of anilines is 1. The predicted molar refractivity (Wildman–Crippen MR) is 143 cm³/mol. The van der Waals surface area contributed by atoms with E-state index in [0.29, 0.717) is 10.6 Å². The second-order valence-corrected chi connectivity index (χ2v) is 10.9. The summed E-state index contributed by atoms with van der Waals surface area (Å²) in [5.74, 6) is -0.997. The number of para-hydroxylation sites is 1. The topological polar surface area (TPSA) is 86.8 Å². The molecule has 0 bridgehead atoms. The molecule has 3 aromatic rings. The number of likely N-dealkylation sites (N-methyl/N-ethyl adjacent to an activating group) is 1. The van der Waals surface area contributed by atoms with Crippen molar-refractivity contribution in [1.29, 1.82) is 0 Å². The lowest BCUT2D eigenvalue weighted by Crippen LogP contribution is -2.50. The van der Waals surface area contributed by atoms with Crippen LogP contribution in [0.5, 0.6) is 0 Å². The summed E-state index contributed by atoms with van der Waals surface area (Å²) in [5, 5.41) is 3.13. The zero-order valence-electron chi connectivity index (χ0n) is 20.1. The van der Waals surface area contributed by atoms with Crippen LogP contribution in [-0.2, 0) is 26.2 Å². The van der Waals surface area contributed by atoms with Crippen molar-refractivity contribution in [3.8, 4) is 0 Å². The van der Waals surface area contributed by atoms with E-state index in [1.165, 1.54) is 30.1 Å². The Hall–Kier alpha value is -3.07. The van der Waals surface area contributed by atoms with Gasteiger partial charge in [-0.25, -0.2) is 8.42 Å². The summed E-state index contributed by atoms with van der Waals surface area (Å²) in [6, 6.07) is 18.8. The number of nitrogens with zero attached hydrogens (tertiary/aromatic N) is 2. The Labute approximate surface area is 221 Å². The Kier molecular flexibility index (Phi) is 9.00. The van der Waals surface area contributed by atoms with Crippen LogP contribution in [0.15, 0.2) is 77.7 Å². The van der Waals surface area contributed by atoms with E-state index in [1.807, 2.05) is 6.92 Å². The summed E-state index contributed by atoms with van der Waals surface area (Å²) in [6.07, 6.45) is 0. The monoisotopic (exact) mass is 547 g/mol. The largest absolute Gasteiger partial charge is 0.357 e. The van der Waals surface area contributed by atoms with Crippen molar-refractivity contribution >= 4 is 50.7 Å². The van der Waals surface area contributed by atoms with Crippen molar-refractivity contribution in [2.24, 2.45) is 0 Å². The average molecular weight is 548 g/mol. The van der Waals surface area contributed by atoms with E-state index >= 15 is 0 Å². The summed E-state index contributed by atoms with van der Waals surface area (Å²) < 4.78 is 28.4. The molecule has 0 aliphatic rings. The van der Waals surface area contributed by atoms with E-state index in [9.17, 15) is 18.0 Å². The number of hydrogen-bond acceptors (Lipinski definition) is 4. The molecule has 7 nitrogen and oxygen atoms in total. The highest BCUT2D eigenvalue weighted by atomic mass is 35.5. The van der Waals surface area contributed by atoms with Crippen LogP contribution in [0.2, 0.25) is 10.0 Å². The Morgan fingerprint density at radius 2 is 1.50 bits per heavy atom. The summed E-state index contributed by atoms with van der Waals surface area (Å²) in [4.78, 5) is 27.5. The fraction of sp³-hybridized carbons (Fsp3) is 0.231. The number of aryl methyl sites for hydroxylation is 1. The molecule has 3 rings (SSSR count). The molecule has 0 unspecified atom stereocenters. The van der Waals surface area contributed by atoms with E-state index in [2.05, 4.69) is 5.32 Å². The number of nitrogens with one attached hydrogen (secondary N) is 1. The van der Waals surface area contributed by atoms with Crippen molar-refractivity contribution in [1.82, 2.24) is 10.2 Å². The molecule has 2 amide bonds. The van der Waals surface area contributed by atoms with E-state index in [-0.39, 0.29) is 22.2 Å². The molecule has 1 N–H and O–H groups in total. The number of halogens is 2. The molecule has 0 saturated heterocycles. The molecule has 0 fully saturated rings. The van der Waals surface area contributed by atoms with E-state index in [0.717, 1.165) is 9.87 Å². The summed E-state index contributed by atoms with van der Waals surface area (Å²) in [7, 11) is -2.71. The van der Waals surface area contributed by atoms with Crippen LogP contribution in [0.4, 0.5) is 5.69 Å². The van der Waals surface area contributed by atoms with Gasteiger partial charge in [-0.3, -0.25) is 13.9 Å². The van der Waals surface area contributed by atoms with E-state index in [4.69, 9.17) is 23.2 Å². The number of sulfonamides is 1. The number of amides is 2. The molecule has 0 heterocycles. The van der Waals surface area contributed by atoms with Crippen molar-refractivity contribution in [2.75, 3.05) is 17.9 Å². The van der Waals surface area contributed by atoms with Crippen LogP contribution >= 0.6 is 23.2 Å². The maximum absolute atomic E-state index is 13.7. The highest BCUT2D eigenvalue weighted by molar-refractivity contribution is 7.92. The van der Waals surface area contributed by atoms with Crippen LogP contribution in [0.1, 0.15) is 18.1 Å². The summed E-state index contributed by atoms with van der Waals surface area (Å²) in [6.45, 7) is 2.85. The minimum absolute atomic E-state index is 0.00797. The zero-order valence-corrected chi connectivity index (χ0v) is 22.4. The van der Waals surface area contributed by atoms with Gasteiger partial charge in [0.2, 0.25) is 11.8 Å². The molecule has 0 saturated carbocycles. The van der Waals surface area contributed by atoms with Gasteiger partial charge >= 0.3 is 0 Å². The van der Waals surface area contributed by atoms with Gasteiger partial charge in [-0.1, -0.05) is 71.2 Å². The van der Waals surface area contributed by atoms with E-state index in [1.54, 1.807) is 61.5 Å². The van der Waals surface area contributed by atoms with Gasteiger partial charge in [0.15, 0.2) is 0 Å². The zero-order chi connectivity index (χ0) is 26.5. The molecule has 190 valence electrons. The molecule has 0 aliphatic heterocycles. The van der Waals surface area contributed by atoms with Gasteiger partial charge in [-0.15, -0.1) is 0 Å². The first-order chi connectivity index (χ1) is 17.1. The van der Waals surface area contributed by atoms with Gasteiger partial charge in [-0.2, -0.15) is 0 Å². The first-order valence-electron chi connectivity index (χ1n) is 11.1. The molecular weight excluding hydrogens is 521 g/mol. The van der Waals surface area contributed by atoms with Crippen molar-refractivity contribution in [3.05, 3.63) is 94.0 Å². The molecular formula is C26H27Cl2N3O4S. The Morgan fingerprint density at radius 3 is 2.08 bits per heavy atom. The molecule has 0 spiro atoms. The highest BCUT2D eigenvalue weighted by Gasteiger charge is 2.33. The predicted octanol–water partition coefficient (Wildman–Crippen LogP) is 4.66. The van der Waals surface area contributed by atoms with Crippen LogP contribution in [0.25, 0.3) is 0 Å². The van der Waals surface area contributed by atoms with Gasteiger partial charge < -0.3 is 10.2 Å². The second-order valence-electron chi connectivity index (χ2n) is 8.18. The molecule has 3 aromatic carbocycles. The maximum atomic E-state index is 13.7. The normalized spacial score (nSPS) is 12.0. The number of carbonyl (C=O) groups is 2.